The summed E-state index contributed by atoms with van der Waals surface area (Å²) < 4.78 is 1.03. The van der Waals surface area contributed by atoms with Gasteiger partial charge in [-0.15, -0.1) is 0 Å². The Labute approximate surface area is 139 Å². The number of nitrogens with zero attached hydrogens (tertiary/aromatic N) is 1. The van der Waals surface area contributed by atoms with Gasteiger partial charge in [0.15, 0.2) is 0 Å². The molecule has 20 heavy (non-hydrogen) atoms. The van der Waals surface area contributed by atoms with Gasteiger partial charge in [-0.1, -0.05) is 23.2 Å². The summed E-state index contributed by atoms with van der Waals surface area (Å²) in [5.74, 6) is 0. The Hall–Kier alpha value is -1.05. The number of hydrogen-bond donors (Lipinski definition) is 1. The van der Waals surface area contributed by atoms with Crippen LogP contribution in [0, 0.1) is 13.7 Å². The fourth-order valence-corrected chi connectivity index (χ4v) is 2.74. The zero-order chi connectivity index (χ0) is 14.7. The quantitative estimate of drug-likeness (QED) is 0.422. The molecule has 0 radical (unpaired) electrons. The minimum Gasteiger partial charge on any atom is -0.380 e. The maximum atomic E-state index is 10.8. The van der Waals surface area contributed by atoms with Crippen molar-refractivity contribution in [3.05, 3.63) is 65.7 Å². The molecule has 1 N–H and O–H groups in total. The lowest BCUT2D eigenvalue weighted by Crippen LogP contribution is -2.01. The molecule has 7 heteroatoms. The van der Waals surface area contributed by atoms with Crippen LogP contribution in [0.1, 0.15) is 5.56 Å². The van der Waals surface area contributed by atoms with Gasteiger partial charge in [0.05, 0.1) is 15.6 Å². The topological polar surface area (TPSA) is 55.2 Å². The van der Waals surface area contributed by atoms with E-state index in [4.69, 9.17) is 23.2 Å². The first kappa shape index (κ1) is 15.3. The molecule has 0 saturated heterocycles. The highest BCUT2D eigenvalue weighted by molar-refractivity contribution is 14.1. The summed E-state index contributed by atoms with van der Waals surface area (Å²) in [5.41, 5.74) is 1.42. The fourth-order valence-electron chi connectivity index (χ4n) is 1.63. The minimum absolute atomic E-state index is 0.0138. The van der Waals surface area contributed by atoms with Gasteiger partial charge in [-0.3, -0.25) is 10.1 Å². The molecule has 104 valence electrons. The number of benzene rings is 2. The van der Waals surface area contributed by atoms with Crippen LogP contribution in [0.4, 0.5) is 11.4 Å². The number of rotatable bonds is 4. The second kappa shape index (κ2) is 6.60. The SMILES string of the molecule is O=[N+]([O-])c1ccc(Cl)c(CNc2ccc(I)cc2Cl)c1. The molecule has 0 amide bonds. The molecule has 0 fully saturated rings. The van der Waals surface area contributed by atoms with Gasteiger partial charge >= 0.3 is 0 Å². The lowest BCUT2D eigenvalue weighted by molar-refractivity contribution is -0.384. The summed E-state index contributed by atoms with van der Waals surface area (Å²) in [6.45, 7) is 0.362. The van der Waals surface area contributed by atoms with E-state index in [1.54, 1.807) is 0 Å². The Morgan fingerprint density at radius 1 is 1.15 bits per heavy atom. The van der Waals surface area contributed by atoms with E-state index in [2.05, 4.69) is 27.9 Å². The molecule has 0 aliphatic carbocycles. The Balaban J connectivity index is 2.18. The van der Waals surface area contributed by atoms with Gasteiger partial charge in [0, 0.05) is 27.3 Å². The number of hydrogen-bond acceptors (Lipinski definition) is 3. The lowest BCUT2D eigenvalue weighted by atomic mass is 10.2. The molecule has 0 bridgehead atoms. The molecule has 0 atom stereocenters. The third kappa shape index (κ3) is 3.74. The molecule has 2 aromatic rings. The molecule has 2 rings (SSSR count). The number of non-ortho nitro benzene ring substituents is 1. The molecule has 0 spiro atoms. The highest BCUT2D eigenvalue weighted by Gasteiger charge is 2.10. The van der Waals surface area contributed by atoms with Gasteiger partial charge < -0.3 is 5.32 Å². The van der Waals surface area contributed by atoms with Crippen LogP contribution < -0.4 is 5.32 Å². The average Bonchev–Trinajstić information content (AvgIpc) is 2.39. The molecular formula is C13H9Cl2IN2O2. The molecule has 0 aliphatic heterocycles. The van der Waals surface area contributed by atoms with E-state index in [1.807, 2.05) is 18.2 Å². The number of halogens is 3. The van der Waals surface area contributed by atoms with Gasteiger partial charge in [0.2, 0.25) is 0 Å². The first-order valence-corrected chi connectivity index (χ1v) is 7.42. The maximum absolute atomic E-state index is 10.8. The summed E-state index contributed by atoms with van der Waals surface area (Å²) in [4.78, 5) is 10.3. The van der Waals surface area contributed by atoms with E-state index in [0.29, 0.717) is 22.2 Å². The Morgan fingerprint density at radius 2 is 1.90 bits per heavy atom. The van der Waals surface area contributed by atoms with Crippen LogP contribution in [0.3, 0.4) is 0 Å². The van der Waals surface area contributed by atoms with E-state index >= 15 is 0 Å². The van der Waals surface area contributed by atoms with Crippen LogP contribution in [0.25, 0.3) is 0 Å². The molecule has 0 saturated carbocycles. The van der Waals surface area contributed by atoms with Crippen molar-refractivity contribution in [1.82, 2.24) is 0 Å². The molecular weight excluding hydrogens is 414 g/mol. The molecule has 4 nitrogen and oxygen atoms in total. The number of nitro benzene ring substituents is 1. The first-order chi connectivity index (χ1) is 9.47. The van der Waals surface area contributed by atoms with Gasteiger partial charge in [0.1, 0.15) is 0 Å². The smallest absolute Gasteiger partial charge is 0.269 e. The first-order valence-electron chi connectivity index (χ1n) is 5.59. The largest absolute Gasteiger partial charge is 0.380 e. The number of nitrogens with one attached hydrogen (secondary N) is 1. The summed E-state index contributed by atoms with van der Waals surface area (Å²) in [7, 11) is 0. The Morgan fingerprint density at radius 3 is 2.55 bits per heavy atom. The highest BCUT2D eigenvalue weighted by atomic mass is 127. The average molecular weight is 423 g/mol. The molecule has 0 unspecified atom stereocenters. The van der Waals surface area contributed by atoms with E-state index in [9.17, 15) is 10.1 Å². The summed E-state index contributed by atoms with van der Waals surface area (Å²) in [5, 5.41) is 14.9. The third-order valence-electron chi connectivity index (χ3n) is 2.64. The van der Waals surface area contributed by atoms with Crippen molar-refractivity contribution >= 4 is 57.2 Å². The van der Waals surface area contributed by atoms with Crippen molar-refractivity contribution in [3.8, 4) is 0 Å². The van der Waals surface area contributed by atoms with Gasteiger partial charge in [-0.2, -0.15) is 0 Å². The zero-order valence-corrected chi connectivity index (χ0v) is 13.7. The minimum atomic E-state index is -0.447. The van der Waals surface area contributed by atoms with Crippen LogP contribution in [-0.2, 0) is 6.54 Å². The monoisotopic (exact) mass is 422 g/mol. The standard InChI is InChI=1S/C13H9Cl2IN2O2/c14-11-3-2-10(18(19)20)5-8(11)7-17-13-4-1-9(16)6-12(13)15/h1-6,17H,7H2. The zero-order valence-electron chi connectivity index (χ0n) is 10.1. The number of nitro groups is 1. The summed E-state index contributed by atoms with van der Waals surface area (Å²) >= 11 is 14.3. The molecule has 2 aromatic carbocycles. The van der Waals surface area contributed by atoms with Crippen LogP contribution in [0.2, 0.25) is 10.0 Å². The van der Waals surface area contributed by atoms with Gasteiger partial charge in [-0.25, -0.2) is 0 Å². The van der Waals surface area contributed by atoms with Crippen LogP contribution >= 0.6 is 45.8 Å². The van der Waals surface area contributed by atoms with Crippen molar-refractivity contribution in [2.45, 2.75) is 6.54 Å². The van der Waals surface area contributed by atoms with Crippen LogP contribution in [-0.4, -0.2) is 4.92 Å². The Kier molecular flexibility index (Phi) is 5.06. The van der Waals surface area contributed by atoms with Crippen molar-refractivity contribution in [2.24, 2.45) is 0 Å². The summed E-state index contributed by atoms with van der Waals surface area (Å²) in [6, 6.07) is 9.96. The predicted molar refractivity (Wildman–Crippen MR) is 89.6 cm³/mol. The maximum Gasteiger partial charge on any atom is 0.269 e. The van der Waals surface area contributed by atoms with Crippen molar-refractivity contribution < 1.29 is 4.92 Å². The highest BCUT2D eigenvalue weighted by Crippen LogP contribution is 2.26. The molecule has 0 aliphatic rings. The summed E-state index contributed by atoms with van der Waals surface area (Å²) in [6.07, 6.45) is 0. The second-order valence-corrected chi connectivity index (χ2v) is 6.07. The molecule has 0 heterocycles. The van der Waals surface area contributed by atoms with Crippen LogP contribution in [0.5, 0.6) is 0 Å². The molecule has 0 aromatic heterocycles. The number of anilines is 1. The van der Waals surface area contributed by atoms with E-state index in [-0.39, 0.29) is 5.69 Å². The van der Waals surface area contributed by atoms with Gasteiger partial charge in [-0.05, 0) is 52.4 Å². The van der Waals surface area contributed by atoms with E-state index < -0.39 is 4.92 Å². The van der Waals surface area contributed by atoms with Gasteiger partial charge in [0.25, 0.3) is 5.69 Å². The van der Waals surface area contributed by atoms with Crippen LogP contribution in [0.15, 0.2) is 36.4 Å². The van der Waals surface area contributed by atoms with Crippen molar-refractivity contribution in [1.29, 1.82) is 0 Å². The Bertz CT molecular complexity index is 665. The fraction of sp³-hybridized carbons (Fsp3) is 0.0769. The van der Waals surface area contributed by atoms with Crippen molar-refractivity contribution in [2.75, 3.05) is 5.32 Å². The van der Waals surface area contributed by atoms with Crippen molar-refractivity contribution in [3.63, 3.8) is 0 Å². The predicted octanol–water partition coefficient (Wildman–Crippen LogP) is 5.12. The second-order valence-electron chi connectivity index (χ2n) is 4.01. The lowest BCUT2D eigenvalue weighted by Gasteiger charge is -2.10. The normalized spacial score (nSPS) is 10.3. The third-order valence-corrected chi connectivity index (χ3v) is 3.99. The van der Waals surface area contributed by atoms with E-state index in [0.717, 1.165) is 9.26 Å². The van der Waals surface area contributed by atoms with E-state index in [1.165, 1.54) is 18.2 Å².